The van der Waals surface area contributed by atoms with Crippen molar-refractivity contribution >= 4 is 22.9 Å². The Kier molecular flexibility index (Phi) is 3.92. The van der Waals surface area contributed by atoms with Crippen molar-refractivity contribution in [2.75, 3.05) is 37.3 Å². The van der Waals surface area contributed by atoms with E-state index in [1.807, 2.05) is 6.92 Å². The zero-order chi connectivity index (χ0) is 14.8. The van der Waals surface area contributed by atoms with Crippen LogP contribution in [0.25, 0.3) is 11.2 Å². The van der Waals surface area contributed by atoms with Gasteiger partial charge in [-0.1, -0.05) is 6.92 Å². The Morgan fingerprint density at radius 2 is 2.29 bits per heavy atom. The number of aromatic nitrogens is 4. The summed E-state index contributed by atoms with van der Waals surface area (Å²) < 4.78 is 0. The van der Waals surface area contributed by atoms with Crippen LogP contribution in [0.2, 0.25) is 0 Å². The van der Waals surface area contributed by atoms with Crippen LogP contribution >= 0.6 is 0 Å². The minimum absolute atomic E-state index is 0.428. The lowest BCUT2D eigenvalue weighted by Gasteiger charge is -2.35. The number of H-pyrrole nitrogens is 1. The van der Waals surface area contributed by atoms with Crippen molar-refractivity contribution < 1.29 is 0 Å². The van der Waals surface area contributed by atoms with E-state index in [2.05, 4.69) is 49.4 Å². The highest BCUT2D eigenvalue weighted by Gasteiger charge is 2.25. The molecule has 1 saturated heterocycles. The molecule has 3 heterocycles. The molecule has 1 aliphatic heterocycles. The van der Waals surface area contributed by atoms with Crippen LogP contribution in [0.4, 0.5) is 11.8 Å². The molecule has 7 nitrogen and oxygen atoms in total. The van der Waals surface area contributed by atoms with Gasteiger partial charge in [-0.25, -0.2) is 4.98 Å². The number of rotatable bonds is 4. The number of likely N-dealkylation sites (tertiary alicyclic amines) is 1. The van der Waals surface area contributed by atoms with Crippen LogP contribution in [0, 0.1) is 5.92 Å². The molecule has 1 fully saturated rings. The van der Waals surface area contributed by atoms with Crippen molar-refractivity contribution in [3.05, 3.63) is 6.33 Å². The SMILES string of the molecule is CCNc1nc(NC2CCN(C)CC2C)c2[nH]cnc2n1. The van der Waals surface area contributed by atoms with Gasteiger partial charge in [0.05, 0.1) is 6.33 Å². The van der Waals surface area contributed by atoms with Gasteiger partial charge in [0.25, 0.3) is 0 Å². The maximum Gasteiger partial charge on any atom is 0.226 e. The summed E-state index contributed by atoms with van der Waals surface area (Å²) in [6.45, 7) is 7.32. The Balaban J connectivity index is 1.86. The average Bonchev–Trinajstić information content (AvgIpc) is 2.91. The molecule has 114 valence electrons. The first-order chi connectivity index (χ1) is 10.2. The van der Waals surface area contributed by atoms with Crippen LogP contribution in [0.1, 0.15) is 20.3 Å². The first-order valence-electron chi connectivity index (χ1n) is 7.57. The normalized spacial score (nSPS) is 23.4. The van der Waals surface area contributed by atoms with E-state index in [0.29, 0.717) is 23.6 Å². The second kappa shape index (κ2) is 5.85. The molecule has 0 radical (unpaired) electrons. The van der Waals surface area contributed by atoms with Crippen molar-refractivity contribution in [2.24, 2.45) is 5.92 Å². The number of nitrogens with zero attached hydrogens (tertiary/aromatic N) is 4. The van der Waals surface area contributed by atoms with E-state index in [9.17, 15) is 0 Å². The molecule has 0 spiro atoms. The topological polar surface area (TPSA) is 81.8 Å². The fourth-order valence-corrected chi connectivity index (χ4v) is 2.92. The quantitative estimate of drug-likeness (QED) is 0.792. The third-order valence-electron chi connectivity index (χ3n) is 4.05. The molecular formula is C14H23N7. The van der Waals surface area contributed by atoms with Gasteiger partial charge in [-0.3, -0.25) is 0 Å². The number of fused-ring (bicyclic) bond motifs is 1. The maximum atomic E-state index is 4.59. The molecule has 2 unspecified atom stereocenters. The van der Waals surface area contributed by atoms with Crippen LogP contribution in [0.3, 0.4) is 0 Å². The number of hydrogen-bond acceptors (Lipinski definition) is 6. The van der Waals surface area contributed by atoms with Gasteiger partial charge >= 0.3 is 0 Å². The molecule has 2 aromatic rings. The highest BCUT2D eigenvalue weighted by atomic mass is 15.2. The molecule has 0 aromatic carbocycles. The predicted octanol–water partition coefficient (Wildman–Crippen LogP) is 1.54. The summed E-state index contributed by atoms with van der Waals surface area (Å²) in [5.74, 6) is 2.05. The Labute approximate surface area is 124 Å². The fraction of sp³-hybridized carbons (Fsp3) is 0.643. The molecule has 3 N–H and O–H groups in total. The third-order valence-corrected chi connectivity index (χ3v) is 4.05. The highest BCUT2D eigenvalue weighted by Crippen LogP contribution is 2.24. The Morgan fingerprint density at radius 1 is 1.43 bits per heavy atom. The van der Waals surface area contributed by atoms with E-state index in [1.165, 1.54) is 0 Å². The number of nitrogens with one attached hydrogen (secondary N) is 3. The van der Waals surface area contributed by atoms with Gasteiger partial charge in [0.2, 0.25) is 5.95 Å². The Bertz CT molecular complexity index is 608. The summed E-state index contributed by atoms with van der Waals surface area (Å²) in [5, 5.41) is 6.75. The van der Waals surface area contributed by atoms with Gasteiger partial charge in [-0.2, -0.15) is 9.97 Å². The number of anilines is 2. The van der Waals surface area contributed by atoms with Crippen molar-refractivity contribution in [1.82, 2.24) is 24.8 Å². The Hall–Kier alpha value is -1.89. The summed E-state index contributed by atoms with van der Waals surface area (Å²) >= 11 is 0. The molecule has 21 heavy (non-hydrogen) atoms. The second-order valence-electron chi connectivity index (χ2n) is 5.81. The lowest BCUT2D eigenvalue weighted by molar-refractivity contribution is 0.206. The van der Waals surface area contributed by atoms with E-state index in [4.69, 9.17) is 0 Å². The first kappa shape index (κ1) is 14.1. The fourth-order valence-electron chi connectivity index (χ4n) is 2.92. The molecule has 0 saturated carbocycles. The standard InChI is InChI=1S/C14H23N7/c1-4-15-14-19-12-11(16-8-17-12)13(20-14)18-10-5-6-21(3)7-9(10)2/h8-10H,4-7H2,1-3H3,(H3,15,16,17,18,19,20). The van der Waals surface area contributed by atoms with Crippen molar-refractivity contribution in [3.63, 3.8) is 0 Å². The predicted molar refractivity (Wildman–Crippen MR) is 84.5 cm³/mol. The van der Waals surface area contributed by atoms with Crippen molar-refractivity contribution in [1.29, 1.82) is 0 Å². The molecule has 0 bridgehead atoms. The van der Waals surface area contributed by atoms with Crippen LogP contribution in [-0.2, 0) is 0 Å². The molecule has 7 heteroatoms. The van der Waals surface area contributed by atoms with E-state index in [-0.39, 0.29) is 0 Å². The molecule has 2 atom stereocenters. The lowest BCUT2D eigenvalue weighted by atomic mass is 9.94. The zero-order valence-corrected chi connectivity index (χ0v) is 12.8. The van der Waals surface area contributed by atoms with E-state index < -0.39 is 0 Å². The van der Waals surface area contributed by atoms with Gasteiger partial charge in [0.1, 0.15) is 5.52 Å². The number of aromatic amines is 1. The maximum absolute atomic E-state index is 4.59. The molecule has 1 aliphatic rings. The van der Waals surface area contributed by atoms with Gasteiger partial charge in [-0.05, 0) is 32.9 Å². The third kappa shape index (κ3) is 2.92. The number of hydrogen-bond donors (Lipinski definition) is 3. The van der Waals surface area contributed by atoms with E-state index in [1.54, 1.807) is 6.33 Å². The van der Waals surface area contributed by atoms with Gasteiger partial charge in [-0.15, -0.1) is 0 Å². The van der Waals surface area contributed by atoms with Crippen LogP contribution in [0.15, 0.2) is 6.33 Å². The van der Waals surface area contributed by atoms with E-state index >= 15 is 0 Å². The van der Waals surface area contributed by atoms with Gasteiger partial charge < -0.3 is 20.5 Å². The second-order valence-corrected chi connectivity index (χ2v) is 5.81. The summed E-state index contributed by atoms with van der Waals surface area (Å²) in [7, 11) is 2.17. The molecular weight excluding hydrogens is 266 g/mol. The van der Waals surface area contributed by atoms with Crippen LogP contribution < -0.4 is 10.6 Å². The van der Waals surface area contributed by atoms with E-state index in [0.717, 1.165) is 37.4 Å². The van der Waals surface area contributed by atoms with Crippen molar-refractivity contribution in [2.45, 2.75) is 26.3 Å². The monoisotopic (exact) mass is 289 g/mol. The average molecular weight is 289 g/mol. The summed E-state index contributed by atoms with van der Waals surface area (Å²) in [6.07, 6.45) is 2.78. The smallest absolute Gasteiger partial charge is 0.226 e. The van der Waals surface area contributed by atoms with Crippen LogP contribution in [0.5, 0.6) is 0 Å². The highest BCUT2D eigenvalue weighted by molar-refractivity contribution is 5.83. The number of piperidine rings is 1. The number of imidazole rings is 1. The lowest BCUT2D eigenvalue weighted by Crippen LogP contribution is -2.43. The zero-order valence-electron chi connectivity index (χ0n) is 12.8. The first-order valence-corrected chi connectivity index (χ1v) is 7.57. The van der Waals surface area contributed by atoms with Gasteiger partial charge in [0.15, 0.2) is 11.5 Å². The van der Waals surface area contributed by atoms with Gasteiger partial charge in [0, 0.05) is 19.1 Å². The summed E-state index contributed by atoms with van der Waals surface area (Å²) in [5.41, 5.74) is 1.58. The largest absolute Gasteiger partial charge is 0.365 e. The van der Waals surface area contributed by atoms with Crippen molar-refractivity contribution in [3.8, 4) is 0 Å². The molecule has 2 aromatic heterocycles. The molecule has 0 aliphatic carbocycles. The summed E-state index contributed by atoms with van der Waals surface area (Å²) in [6, 6.07) is 0.428. The van der Waals surface area contributed by atoms with Crippen LogP contribution in [-0.4, -0.2) is 57.6 Å². The molecule has 3 rings (SSSR count). The molecule has 0 amide bonds. The Morgan fingerprint density at radius 3 is 3.05 bits per heavy atom. The minimum atomic E-state index is 0.428. The summed E-state index contributed by atoms with van der Waals surface area (Å²) in [4.78, 5) is 18.7. The minimum Gasteiger partial charge on any atom is -0.365 e.